The molecule has 2 rings (SSSR count). The molecule has 0 unspecified atom stereocenters. The van der Waals surface area contributed by atoms with Crippen molar-refractivity contribution in [2.24, 2.45) is 0 Å². The number of aryl methyl sites for hydroxylation is 1. The first-order valence-corrected chi connectivity index (χ1v) is 4.08. The van der Waals surface area contributed by atoms with Crippen LogP contribution < -0.4 is 9.88 Å². The number of rotatable bonds is 0. The van der Waals surface area contributed by atoms with Crippen molar-refractivity contribution in [3.05, 3.63) is 22.8 Å². The lowest BCUT2D eigenvalue weighted by atomic mass is 10.3. The van der Waals surface area contributed by atoms with Crippen LogP contribution in [0.5, 0.6) is 0 Å². The highest BCUT2D eigenvalue weighted by Crippen LogP contribution is 2.20. The van der Waals surface area contributed by atoms with Gasteiger partial charge in [0.15, 0.2) is 0 Å². The Hall–Kier alpha value is -0.760. The normalized spacial score (nSPS) is 14.4. The van der Waals surface area contributed by atoms with Crippen LogP contribution in [-0.4, -0.2) is 6.54 Å². The second kappa shape index (κ2) is 2.38. The van der Waals surface area contributed by atoms with Crippen LogP contribution in [0.25, 0.3) is 0 Å². The molecule has 2 heterocycles. The summed E-state index contributed by atoms with van der Waals surface area (Å²) in [5.41, 5.74) is 1.21. The lowest BCUT2D eigenvalue weighted by Gasteiger charge is -1.97. The van der Waals surface area contributed by atoms with E-state index in [1.54, 1.807) is 0 Å². The molecule has 0 aliphatic carbocycles. The smallest absolute Gasteiger partial charge is 0.269 e. The standard InChI is InChI=1S/C8H9ClN2/c1-6-4-7(9)8-10-2-3-11(8)5-6/h4-5H,2-3H2,1H3/p+1. The molecule has 11 heavy (non-hydrogen) atoms. The highest BCUT2D eigenvalue weighted by atomic mass is 35.5. The third kappa shape index (κ3) is 1.07. The first-order chi connectivity index (χ1) is 5.27. The van der Waals surface area contributed by atoms with E-state index >= 15 is 0 Å². The first-order valence-electron chi connectivity index (χ1n) is 3.71. The molecule has 1 aliphatic heterocycles. The lowest BCUT2D eigenvalue weighted by molar-refractivity contribution is -0.670. The Bertz CT molecular complexity index is 296. The predicted octanol–water partition coefficient (Wildman–Crippen LogP) is 1.36. The van der Waals surface area contributed by atoms with E-state index in [0.29, 0.717) is 0 Å². The Balaban J connectivity index is 2.60. The van der Waals surface area contributed by atoms with Crippen LogP contribution in [0.3, 0.4) is 0 Å². The van der Waals surface area contributed by atoms with E-state index in [0.717, 1.165) is 23.9 Å². The maximum Gasteiger partial charge on any atom is 0.293 e. The molecule has 0 aromatic carbocycles. The molecule has 0 saturated carbocycles. The summed E-state index contributed by atoms with van der Waals surface area (Å²) in [7, 11) is 0. The summed E-state index contributed by atoms with van der Waals surface area (Å²) in [6.45, 7) is 4.07. The summed E-state index contributed by atoms with van der Waals surface area (Å²) < 4.78 is 2.15. The third-order valence-corrected chi connectivity index (χ3v) is 2.16. The summed E-state index contributed by atoms with van der Waals surface area (Å²) in [5.74, 6) is 1.05. The second-order valence-electron chi connectivity index (χ2n) is 2.83. The molecule has 58 valence electrons. The third-order valence-electron chi connectivity index (χ3n) is 1.87. The van der Waals surface area contributed by atoms with E-state index in [-0.39, 0.29) is 0 Å². The van der Waals surface area contributed by atoms with Gasteiger partial charge in [0.2, 0.25) is 0 Å². The summed E-state index contributed by atoms with van der Waals surface area (Å²) in [6, 6.07) is 1.98. The van der Waals surface area contributed by atoms with Crippen LogP contribution in [0.1, 0.15) is 5.56 Å². The minimum atomic E-state index is 0.822. The zero-order chi connectivity index (χ0) is 7.84. The summed E-state index contributed by atoms with van der Waals surface area (Å²) in [4.78, 5) is 0. The quantitative estimate of drug-likeness (QED) is 0.580. The Morgan fingerprint density at radius 2 is 2.45 bits per heavy atom. The van der Waals surface area contributed by atoms with Crippen molar-refractivity contribution in [3.63, 3.8) is 0 Å². The summed E-state index contributed by atoms with van der Waals surface area (Å²) >= 11 is 5.99. The van der Waals surface area contributed by atoms with Crippen molar-refractivity contribution < 1.29 is 4.57 Å². The molecule has 0 spiro atoms. The zero-order valence-electron chi connectivity index (χ0n) is 6.39. The van der Waals surface area contributed by atoms with Gasteiger partial charge in [0.05, 0.1) is 6.20 Å². The molecular formula is C8H10ClN2+. The van der Waals surface area contributed by atoms with Crippen LogP contribution in [0.4, 0.5) is 5.82 Å². The Labute approximate surface area is 70.8 Å². The number of anilines is 1. The fraction of sp³-hybridized carbons (Fsp3) is 0.375. The zero-order valence-corrected chi connectivity index (χ0v) is 7.15. The van der Waals surface area contributed by atoms with E-state index in [4.69, 9.17) is 11.6 Å². The van der Waals surface area contributed by atoms with Crippen molar-refractivity contribution in [2.75, 3.05) is 11.9 Å². The number of nitrogens with zero attached hydrogens (tertiary/aromatic N) is 1. The average molecular weight is 170 g/mol. The van der Waals surface area contributed by atoms with Gasteiger partial charge in [-0.3, -0.25) is 5.32 Å². The molecule has 0 bridgehead atoms. The van der Waals surface area contributed by atoms with Gasteiger partial charge in [0.1, 0.15) is 18.1 Å². The van der Waals surface area contributed by atoms with Gasteiger partial charge < -0.3 is 0 Å². The fourth-order valence-corrected chi connectivity index (χ4v) is 1.76. The maximum atomic E-state index is 5.99. The highest BCUT2D eigenvalue weighted by Gasteiger charge is 2.20. The van der Waals surface area contributed by atoms with E-state index in [1.807, 2.05) is 6.07 Å². The van der Waals surface area contributed by atoms with Crippen LogP contribution in [-0.2, 0) is 6.54 Å². The fourth-order valence-electron chi connectivity index (χ4n) is 1.41. The Morgan fingerprint density at radius 1 is 1.64 bits per heavy atom. The van der Waals surface area contributed by atoms with Gasteiger partial charge in [-0.15, -0.1) is 0 Å². The van der Waals surface area contributed by atoms with Crippen LogP contribution in [0.15, 0.2) is 12.3 Å². The lowest BCUT2D eigenvalue weighted by Crippen LogP contribution is -2.30. The van der Waals surface area contributed by atoms with E-state index < -0.39 is 0 Å². The molecule has 2 nitrogen and oxygen atoms in total. The van der Waals surface area contributed by atoms with E-state index in [1.165, 1.54) is 5.56 Å². The van der Waals surface area contributed by atoms with Gasteiger partial charge in [-0.1, -0.05) is 11.6 Å². The monoisotopic (exact) mass is 169 g/mol. The number of halogens is 1. The second-order valence-corrected chi connectivity index (χ2v) is 3.24. The van der Waals surface area contributed by atoms with Crippen molar-refractivity contribution in [3.8, 4) is 0 Å². The van der Waals surface area contributed by atoms with E-state index in [9.17, 15) is 0 Å². The number of hydrogen-bond donors (Lipinski definition) is 1. The van der Waals surface area contributed by atoms with Gasteiger partial charge in [-0.25, -0.2) is 4.57 Å². The Kier molecular flexibility index (Phi) is 1.50. The van der Waals surface area contributed by atoms with Crippen molar-refractivity contribution in [1.82, 2.24) is 0 Å². The van der Waals surface area contributed by atoms with Crippen LogP contribution >= 0.6 is 11.6 Å². The predicted molar refractivity (Wildman–Crippen MR) is 44.9 cm³/mol. The largest absolute Gasteiger partial charge is 0.293 e. The Morgan fingerprint density at radius 3 is 3.27 bits per heavy atom. The molecule has 3 heteroatoms. The number of hydrogen-bond acceptors (Lipinski definition) is 1. The average Bonchev–Trinajstić information content (AvgIpc) is 2.34. The molecule has 1 N–H and O–H groups in total. The van der Waals surface area contributed by atoms with Crippen molar-refractivity contribution >= 4 is 17.4 Å². The van der Waals surface area contributed by atoms with Crippen LogP contribution in [0.2, 0.25) is 5.02 Å². The number of aromatic nitrogens is 1. The molecule has 0 atom stereocenters. The molecule has 1 aromatic heterocycles. The van der Waals surface area contributed by atoms with Gasteiger partial charge in [0, 0.05) is 0 Å². The van der Waals surface area contributed by atoms with Gasteiger partial charge >= 0.3 is 0 Å². The molecule has 0 radical (unpaired) electrons. The molecule has 0 saturated heterocycles. The minimum Gasteiger partial charge on any atom is -0.269 e. The molecule has 1 aromatic rings. The number of nitrogens with one attached hydrogen (secondary N) is 1. The van der Waals surface area contributed by atoms with Gasteiger partial charge in [0.25, 0.3) is 5.82 Å². The van der Waals surface area contributed by atoms with Crippen LogP contribution in [0, 0.1) is 6.92 Å². The SMILES string of the molecule is Cc1cc(Cl)c2[n+](c1)CCN2. The van der Waals surface area contributed by atoms with E-state index in [2.05, 4.69) is 23.0 Å². The summed E-state index contributed by atoms with van der Waals surface area (Å²) in [6.07, 6.45) is 2.11. The molecular weight excluding hydrogens is 160 g/mol. The van der Waals surface area contributed by atoms with Gasteiger partial charge in [-0.05, 0) is 18.6 Å². The van der Waals surface area contributed by atoms with Crippen molar-refractivity contribution in [1.29, 1.82) is 0 Å². The molecule has 0 fully saturated rings. The highest BCUT2D eigenvalue weighted by molar-refractivity contribution is 6.32. The summed E-state index contributed by atoms with van der Waals surface area (Å²) in [5, 5.41) is 4.05. The number of pyridine rings is 1. The van der Waals surface area contributed by atoms with Gasteiger partial charge in [-0.2, -0.15) is 0 Å². The first kappa shape index (κ1) is 6.92. The number of fused-ring (bicyclic) bond motifs is 1. The minimum absolute atomic E-state index is 0.822. The maximum absolute atomic E-state index is 5.99. The topological polar surface area (TPSA) is 15.9 Å². The molecule has 1 aliphatic rings. The molecule has 0 amide bonds. The van der Waals surface area contributed by atoms with Crippen molar-refractivity contribution in [2.45, 2.75) is 13.5 Å².